The van der Waals surface area contributed by atoms with Gasteiger partial charge in [0.05, 0.1) is 6.04 Å². The van der Waals surface area contributed by atoms with Gasteiger partial charge >= 0.3 is 0 Å². The zero-order chi connectivity index (χ0) is 12.8. The average Bonchev–Trinajstić information content (AvgIpc) is 2.92. The third-order valence-electron chi connectivity index (χ3n) is 4.73. The van der Waals surface area contributed by atoms with Crippen molar-refractivity contribution >= 4 is 5.91 Å². The second-order valence-electron chi connectivity index (χ2n) is 6.04. The van der Waals surface area contributed by atoms with Gasteiger partial charge in [0.15, 0.2) is 0 Å². The summed E-state index contributed by atoms with van der Waals surface area (Å²) in [6, 6.07) is 0.0623. The van der Waals surface area contributed by atoms with E-state index in [2.05, 4.69) is 17.6 Å². The largest absolute Gasteiger partial charge is 0.355 e. The first kappa shape index (κ1) is 13.9. The molecule has 1 amide bonds. The predicted octanol–water partition coefficient (Wildman–Crippen LogP) is 2.46. The minimum absolute atomic E-state index is 0.0623. The lowest BCUT2D eigenvalue weighted by atomic mass is 9.90. The van der Waals surface area contributed by atoms with Crippen molar-refractivity contribution in [2.75, 3.05) is 13.1 Å². The molecular weight excluding hydrogens is 224 g/mol. The topological polar surface area (TPSA) is 41.1 Å². The van der Waals surface area contributed by atoms with E-state index in [9.17, 15) is 4.79 Å². The molecule has 1 heterocycles. The molecule has 0 spiro atoms. The van der Waals surface area contributed by atoms with Gasteiger partial charge < -0.3 is 10.6 Å². The van der Waals surface area contributed by atoms with Crippen molar-refractivity contribution in [1.29, 1.82) is 0 Å². The number of carbonyl (C=O) groups is 1. The molecule has 2 unspecified atom stereocenters. The molecule has 3 heteroatoms. The number of nitrogens with one attached hydrogen (secondary N) is 2. The van der Waals surface area contributed by atoms with Crippen LogP contribution in [0.2, 0.25) is 0 Å². The highest BCUT2D eigenvalue weighted by molar-refractivity contribution is 5.81. The Morgan fingerprint density at radius 1 is 1.22 bits per heavy atom. The summed E-state index contributed by atoms with van der Waals surface area (Å²) in [6.07, 6.45) is 10.1. The van der Waals surface area contributed by atoms with Crippen LogP contribution < -0.4 is 10.6 Å². The van der Waals surface area contributed by atoms with Crippen molar-refractivity contribution in [3.8, 4) is 0 Å². The van der Waals surface area contributed by atoms with Crippen LogP contribution in [0.25, 0.3) is 0 Å². The number of hydrogen-bond donors (Lipinski definition) is 2. The van der Waals surface area contributed by atoms with Crippen molar-refractivity contribution in [3.05, 3.63) is 0 Å². The van der Waals surface area contributed by atoms with Gasteiger partial charge in [0.1, 0.15) is 0 Å². The zero-order valence-electron chi connectivity index (χ0n) is 11.7. The number of carbonyl (C=O) groups excluding carboxylic acids is 1. The van der Waals surface area contributed by atoms with E-state index in [1.54, 1.807) is 0 Å². The van der Waals surface area contributed by atoms with Crippen LogP contribution in [-0.2, 0) is 4.79 Å². The van der Waals surface area contributed by atoms with Crippen LogP contribution in [0.4, 0.5) is 0 Å². The van der Waals surface area contributed by atoms with Crippen molar-refractivity contribution in [3.63, 3.8) is 0 Å². The first-order valence-corrected chi connectivity index (χ1v) is 7.80. The summed E-state index contributed by atoms with van der Waals surface area (Å²) in [4.78, 5) is 12.1. The lowest BCUT2D eigenvalue weighted by Crippen LogP contribution is -2.49. The fourth-order valence-electron chi connectivity index (χ4n) is 3.39. The van der Waals surface area contributed by atoms with E-state index in [1.807, 2.05) is 0 Å². The summed E-state index contributed by atoms with van der Waals surface area (Å²) in [5.74, 6) is 1.83. The maximum absolute atomic E-state index is 12.1. The molecule has 3 nitrogen and oxygen atoms in total. The lowest BCUT2D eigenvalue weighted by Gasteiger charge is -2.29. The normalized spacial score (nSPS) is 29.4. The molecule has 104 valence electrons. The summed E-state index contributed by atoms with van der Waals surface area (Å²) in [7, 11) is 0. The van der Waals surface area contributed by atoms with Gasteiger partial charge in [0.2, 0.25) is 5.91 Å². The van der Waals surface area contributed by atoms with Crippen LogP contribution >= 0.6 is 0 Å². The van der Waals surface area contributed by atoms with Crippen LogP contribution in [0, 0.1) is 11.8 Å². The predicted molar refractivity (Wildman–Crippen MR) is 74.4 cm³/mol. The van der Waals surface area contributed by atoms with Crippen molar-refractivity contribution < 1.29 is 4.79 Å². The van der Waals surface area contributed by atoms with Crippen LogP contribution in [-0.4, -0.2) is 25.0 Å². The molecule has 0 aromatic carbocycles. The second kappa shape index (κ2) is 7.13. The molecule has 0 radical (unpaired) electrons. The molecule has 0 aromatic rings. The Morgan fingerprint density at radius 2 is 2.00 bits per heavy atom. The first-order valence-electron chi connectivity index (χ1n) is 7.80. The Morgan fingerprint density at radius 3 is 2.72 bits per heavy atom. The van der Waals surface area contributed by atoms with Gasteiger partial charge in [-0.15, -0.1) is 0 Å². The lowest BCUT2D eigenvalue weighted by molar-refractivity contribution is -0.124. The van der Waals surface area contributed by atoms with Gasteiger partial charge in [-0.25, -0.2) is 0 Å². The quantitative estimate of drug-likeness (QED) is 0.789. The smallest absolute Gasteiger partial charge is 0.237 e. The van der Waals surface area contributed by atoms with E-state index in [1.165, 1.54) is 44.9 Å². The van der Waals surface area contributed by atoms with Crippen LogP contribution in [0.15, 0.2) is 0 Å². The standard InChI is InChI=1S/C15H28N2O/c1-2-12-7-9-16-14(11-12)15(18)17-10-8-13-5-3-4-6-13/h12-14,16H,2-11H2,1H3,(H,17,18). The van der Waals surface area contributed by atoms with Crippen molar-refractivity contribution in [2.24, 2.45) is 11.8 Å². The fourth-order valence-corrected chi connectivity index (χ4v) is 3.39. The molecule has 2 aliphatic rings. The van der Waals surface area contributed by atoms with Gasteiger partial charge in [-0.05, 0) is 37.6 Å². The summed E-state index contributed by atoms with van der Waals surface area (Å²) in [5, 5.41) is 6.47. The molecular formula is C15H28N2O. The minimum Gasteiger partial charge on any atom is -0.355 e. The summed E-state index contributed by atoms with van der Waals surface area (Å²) in [6.45, 7) is 4.10. The summed E-state index contributed by atoms with van der Waals surface area (Å²) < 4.78 is 0. The number of amides is 1. The van der Waals surface area contributed by atoms with Gasteiger partial charge in [0, 0.05) is 6.54 Å². The van der Waals surface area contributed by atoms with E-state index < -0.39 is 0 Å². The Kier molecular flexibility index (Phi) is 5.48. The molecule has 1 saturated heterocycles. The number of rotatable bonds is 5. The highest BCUT2D eigenvalue weighted by atomic mass is 16.2. The van der Waals surface area contributed by atoms with Crippen LogP contribution in [0.1, 0.15) is 58.3 Å². The van der Waals surface area contributed by atoms with Gasteiger partial charge in [-0.3, -0.25) is 4.79 Å². The van der Waals surface area contributed by atoms with Crippen LogP contribution in [0.5, 0.6) is 0 Å². The summed E-state index contributed by atoms with van der Waals surface area (Å²) in [5.41, 5.74) is 0. The molecule has 1 aliphatic heterocycles. The summed E-state index contributed by atoms with van der Waals surface area (Å²) >= 11 is 0. The molecule has 0 bridgehead atoms. The molecule has 1 saturated carbocycles. The Bertz CT molecular complexity index is 261. The number of hydrogen-bond acceptors (Lipinski definition) is 2. The molecule has 2 N–H and O–H groups in total. The Balaban J connectivity index is 1.64. The monoisotopic (exact) mass is 252 g/mol. The molecule has 0 aromatic heterocycles. The maximum atomic E-state index is 12.1. The second-order valence-corrected chi connectivity index (χ2v) is 6.04. The highest BCUT2D eigenvalue weighted by Gasteiger charge is 2.25. The Hall–Kier alpha value is -0.570. The first-order chi connectivity index (χ1) is 8.79. The van der Waals surface area contributed by atoms with E-state index >= 15 is 0 Å². The Labute approximate surface area is 111 Å². The van der Waals surface area contributed by atoms with Gasteiger partial charge in [-0.1, -0.05) is 39.0 Å². The van der Waals surface area contributed by atoms with E-state index in [0.29, 0.717) is 0 Å². The van der Waals surface area contributed by atoms with Crippen molar-refractivity contribution in [2.45, 2.75) is 64.3 Å². The third kappa shape index (κ3) is 3.98. The molecule has 2 rings (SSSR count). The van der Waals surface area contributed by atoms with E-state index in [0.717, 1.165) is 31.3 Å². The molecule has 18 heavy (non-hydrogen) atoms. The average molecular weight is 252 g/mol. The SMILES string of the molecule is CCC1CCNC(C(=O)NCCC2CCCC2)C1. The fraction of sp³-hybridized carbons (Fsp3) is 0.933. The minimum atomic E-state index is 0.0623. The highest BCUT2D eigenvalue weighted by Crippen LogP contribution is 2.27. The zero-order valence-corrected chi connectivity index (χ0v) is 11.7. The number of piperidine rings is 1. The van der Waals surface area contributed by atoms with E-state index in [-0.39, 0.29) is 11.9 Å². The molecule has 2 fully saturated rings. The molecule has 2 atom stereocenters. The molecule has 1 aliphatic carbocycles. The van der Waals surface area contributed by atoms with Gasteiger partial charge in [-0.2, -0.15) is 0 Å². The van der Waals surface area contributed by atoms with Gasteiger partial charge in [0.25, 0.3) is 0 Å². The van der Waals surface area contributed by atoms with E-state index in [4.69, 9.17) is 0 Å². The van der Waals surface area contributed by atoms with Crippen molar-refractivity contribution in [1.82, 2.24) is 10.6 Å². The maximum Gasteiger partial charge on any atom is 0.237 e. The third-order valence-corrected chi connectivity index (χ3v) is 4.73. The van der Waals surface area contributed by atoms with Crippen LogP contribution in [0.3, 0.4) is 0 Å².